The fraction of sp³-hybridized carbons (Fsp3) is 0.364. The number of hydrogen-bond acceptors (Lipinski definition) is 6. The second kappa shape index (κ2) is 7.87. The van der Waals surface area contributed by atoms with Gasteiger partial charge in [-0.25, -0.2) is 15.0 Å². The quantitative estimate of drug-likeness (QED) is 0.689. The van der Waals surface area contributed by atoms with Gasteiger partial charge in [-0.15, -0.1) is 0 Å². The average Bonchev–Trinajstić information content (AvgIpc) is 3.24. The first-order chi connectivity index (χ1) is 14.7. The summed E-state index contributed by atoms with van der Waals surface area (Å²) in [6.07, 6.45) is 6.14. The molecule has 2 aliphatic rings. The number of imidazole rings is 1. The number of nitrogens with zero attached hydrogens (tertiary/aromatic N) is 4. The van der Waals surface area contributed by atoms with Crippen LogP contribution in [0.4, 0.5) is 5.82 Å². The predicted octanol–water partition coefficient (Wildman–Crippen LogP) is 3.14. The molecular weight excluding hydrogens is 380 g/mol. The van der Waals surface area contributed by atoms with Crippen LogP contribution in [0.3, 0.4) is 0 Å². The molecule has 3 N–H and O–H groups in total. The lowest BCUT2D eigenvalue weighted by Crippen LogP contribution is -2.40. The number of rotatable bonds is 3. The molecule has 1 saturated heterocycles. The van der Waals surface area contributed by atoms with Crippen LogP contribution < -0.4 is 5.73 Å². The molecule has 158 valence electrons. The van der Waals surface area contributed by atoms with Crippen molar-refractivity contribution in [1.29, 1.82) is 0 Å². The summed E-state index contributed by atoms with van der Waals surface area (Å²) in [6.45, 7) is 2.64. The van der Waals surface area contributed by atoms with E-state index < -0.39 is 0 Å². The second-order valence-electron chi connectivity index (χ2n) is 7.74. The van der Waals surface area contributed by atoms with Gasteiger partial charge in [0, 0.05) is 35.1 Å². The van der Waals surface area contributed by atoms with Crippen molar-refractivity contribution in [2.75, 3.05) is 32.0 Å². The number of aromatic amines is 1. The highest BCUT2D eigenvalue weighted by Gasteiger charge is 2.27. The maximum absolute atomic E-state index is 12.7. The van der Waals surface area contributed by atoms with E-state index in [9.17, 15) is 4.79 Å². The van der Waals surface area contributed by atoms with E-state index in [1.54, 1.807) is 6.20 Å². The monoisotopic (exact) mass is 408 g/mol. The number of para-hydroxylation sites is 2. The number of fused-ring (bicyclic) bond motifs is 1. The zero-order valence-electron chi connectivity index (χ0n) is 16.7. The highest BCUT2D eigenvalue weighted by atomic mass is 16.5. The molecule has 8 nitrogen and oxygen atoms in total. The molecule has 0 radical (unpaired) electrons. The fourth-order valence-corrected chi connectivity index (χ4v) is 4.10. The highest BCUT2D eigenvalue weighted by molar-refractivity contribution is 5.82. The van der Waals surface area contributed by atoms with Crippen LogP contribution in [0, 0.1) is 5.92 Å². The van der Waals surface area contributed by atoms with Crippen molar-refractivity contribution in [2.24, 2.45) is 5.92 Å². The van der Waals surface area contributed by atoms with Crippen molar-refractivity contribution in [3.05, 3.63) is 42.2 Å². The fourth-order valence-electron chi connectivity index (χ4n) is 4.10. The summed E-state index contributed by atoms with van der Waals surface area (Å²) in [5.74, 6) is 1.27. The zero-order chi connectivity index (χ0) is 20.5. The number of nitrogen functional groups attached to an aromatic ring is 1. The Labute approximate surface area is 177 Å². The van der Waals surface area contributed by atoms with Crippen LogP contribution in [0.2, 0.25) is 0 Å². The van der Waals surface area contributed by atoms with Crippen LogP contribution in [0.15, 0.2) is 36.5 Å². The number of nitrogens with two attached hydrogens (primary N) is 1. The summed E-state index contributed by atoms with van der Waals surface area (Å²) in [7, 11) is 0. The van der Waals surface area contributed by atoms with E-state index >= 15 is 0 Å². The Morgan fingerprint density at radius 3 is 2.83 bits per heavy atom. The number of H-pyrrole nitrogens is 1. The second-order valence-corrected chi connectivity index (χ2v) is 7.74. The molecule has 1 fully saturated rings. The number of ether oxygens (including phenoxy) is 1. The molecule has 0 unspecified atom stereocenters. The zero-order valence-corrected chi connectivity index (χ0v) is 16.7. The van der Waals surface area contributed by atoms with Crippen LogP contribution in [-0.2, 0) is 9.53 Å². The average molecular weight is 409 g/mol. The summed E-state index contributed by atoms with van der Waals surface area (Å²) in [5, 5.41) is 0. The normalized spacial score (nSPS) is 17.9. The third kappa shape index (κ3) is 3.54. The molecule has 30 heavy (non-hydrogen) atoms. The van der Waals surface area contributed by atoms with Gasteiger partial charge in [0.2, 0.25) is 5.91 Å². The molecule has 3 aromatic rings. The molecule has 0 bridgehead atoms. The standard InChI is InChI=1S/C22H24N6O2.2H2/c23-20-19(21-26-16-3-1-2-4-17(16)27-21)25-18(13-24-20)14-5-9-28(10-6-14)22(29)15-7-11-30-12-8-15;;/h1-5,13,15H,6-12H2,(H2,23,24)(H,26,27);2*1H. The molecule has 0 aliphatic carbocycles. The van der Waals surface area contributed by atoms with Crippen molar-refractivity contribution in [3.63, 3.8) is 0 Å². The topological polar surface area (TPSA) is 110 Å². The van der Waals surface area contributed by atoms with Crippen LogP contribution in [0.1, 0.15) is 27.8 Å². The lowest BCUT2D eigenvalue weighted by atomic mass is 9.97. The predicted molar refractivity (Wildman–Crippen MR) is 118 cm³/mol. The first-order valence-electron chi connectivity index (χ1n) is 10.3. The van der Waals surface area contributed by atoms with Gasteiger partial charge in [0.15, 0.2) is 11.6 Å². The van der Waals surface area contributed by atoms with E-state index in [1.165, 1.54) is 0 Å². The van der Waals surface area contributed by atoms with E-state index in [-0.39, 0.29) is 14.7 Å². The van der Waals surface area contributed by atoms with Crippen molar-refractivity contribution >= 4 is 28.3 Å². The van der Waals surface area contributed by atoms with Gasteiger partial charge in [0.1, 0.15) is 5.69 Å². The number of amides is 1. The summed E-state index contributed by atoms with van der Waals surface area (Å²) >= 11 is 0. The summed E-state index contributed by atoms with van der Waals surface area (Å²) < 4.78 is 5.37. The Kier molecular flexibility index (Phi) is 4.92. The Morgan fingerprint density at radius 2 is 2.07 bits per heavy atom. The Morgan fingerprint density at radius 1 is 1.23 bits per heavy atom. The molecule has 2 aromatic heterocycles. The minimum Gasteiger partial charge on any atom is -0.382 e. The maximum Gasteiger partial charge on any atom is 0.226 e. The molecule has 1 amide bonds. The first-order valence-corrected chi connectivity index (χ1v) is 10.3. The van der Waals surface area contributed by atoms with Gasteiger partial charge in [-0.1, -0.05) is 18.2 Å². The van der Waals surface area contributed by atoms with Crippen molar-refractivity contribution < 1.29 is 12.4 Å². The molecule has 0 atom stereocenters. The molecule has 8 heteroatoms. The van der Waals surface area contributed by atoms with E-state index in [1.807, 2.05) is 29.2 Å². The maximum atomic E-state index is 12.7. The van der Waals surface area contributed by atoms with E-state index in [2.05, 4.69) is 21.0 Å². The molecule has 2 aliphatic heterocycles. The number of nitrogens with one attached hydrogen (secondary N) is 1. The van der Waals surface area contributed by atoms with Gasteiger partial charge in [0.05, 0.1) is 22.9 Å². The van der Waals surface area contributed by atoms with E-state index in [4.69, 9.17) is 15.5 Å². The summed E-state index contributed by atoms with van der Waals surface area (Å²) in [4.78, 5) is 31.6. The van der Waals surface area contributed by atoms with Crippen LogP contribution in [-0.4, -0.2) is 57.0 Å². The number of aromatic nitrogens is 4. The number of benzene rings is 1. The minimum atomic E-state index is 0. The largest absolute Gasteiger partial charge is 0.382 e. The lowest BCUT2D eigenvalue weighted by molar-refractivity contribution is -0.138. The molecule has 4 heterocycles. The van der Waals surface area contributed by atoms with E-state index in [0.29, 0.717) is 43.6 Å². The first kappa shape index (κ1) is 18.7. The van der Waals surface area contributed by atoms with Gasteiger partial charge in [0.25, 0.3) is 0 Å². The van der Waals surface area contributed by atoms with Gasteiger partial charge < -0.3 is 20.4 Å². The van der Waals surface area contributed by atoms with Crippen LogP contribution in [0.5, 0.6) is 0 Å². The SMILES string of the molecule is Nc1ncc(C2=CCN(C(=O)C3CCOCC3)CC2)nc1-c1nc2ccccc2[nH]1.[HH].[HH]. The van der Waals surface area contributed by atoms with Gasteiger partial charge >= 0.3 is 0 Å². The van der Waals surface area contributed by atoms with Crippen molar-refractivity contribution in [3.8, 4) is 11.5 Å². The molecule has 5 rings (SSSR count). The van der Waals surface area contributed by atoms with E-state index in [0.717, 1.165) is 41.6 Å². The Bertz CT molecular complexity index is 1090. The molecule has 0 spiro atoms. The van der Waals surface area contributed by atoms with Gasteiger partial charge in [-0.05, 0) is 37.0 Å². The van der Waals surface area contributed by atoms with Gasteiger partial charge in [-0.2, -0.15) is 0 Å². The lowest BCUT2D eigenvalue weighted by Gasteiger charge is -2.31. The number of carbonyl (C=O) groups excluding carboxylic acids is 1. The van der Waals surface area contributed by atoms with Crippen LogP contribution in [0.25, 0.3) is 28.1 Å². The smallest absolute Gasteiger partial charge is 0.226 e. The molecule has 0 saturated carbocycles. The molecule has 1 aromatic carbocycles. The Balaban J connectivity index is 0.00000144. The number of carbonyl (C=O) groups is 1. The summed E-state index contributed by atoms with van der Waals surface area (Å²) in [6, 6.07) is 7.80. The third-order valence-electron chi connectivity index (χ3n) is 5.83. The number of anilines is 1. The van der Waals surface area contributed by atoms with Gasteiger partial charge in [-0.3, -0.25) is 4.79 Å². The van der Waals surface area contributed by atoms with Crippen LogP contribution >= 0.6 is 0 Å². The van der Waals surface area contributed by atoms with Crippen molar-refractivity contribution in [2.45, 2.75) is 19.3 Å². The highest BCUT2D eigenvalue weighted by Crippen LogP contribution is 2.28. The van der Waals surface area contributed by atoms with Crippen molar-refractivity contribution in [1.82, 2.24) is 24.8 Å². The number of hydrogen-bond donors (Lipinski definition) is 2. The summed E-state index contributed by atoms with van der Waals surface area (Å²) in [5.41, 5.74) is 10.3. The third-order valence-corrected chi connectivity index (χ3v) is 5.83. The molecular formula is C22H28N6O2. The Hall–Kier alpha value is -3.26. The minimum absolute atomic E-state index is 0.